The van der Waals surface area contributed by atoms with Gasteiger partial charge in [-0.2, -0.15) is 10.5 Å². The number of nitriles is 2. The highest BCUT2D eigenvalue weighted by molar-refractivity contribution is 5.25. The number of likely N-dealkylation sites (tertiary alicyclic amines) is 1. The number of hydrogen-bond donors (Lipinski definition) is 0. The van der Waals surface area contributed by atoms with E-state index >= 15 is 0 Å². The van der Waals surface area contributed by atoms with E-state index in [4.69, 9.17) is 5.26 Å². The number of nitrogens with zero attached hydrogens (tertiary/aromatic N) is 3. The van der Waals surface area contributed by atoms with E-state index in [1.165, 1.54) is 5.56 Å². The normalized spacial score (nSPS) is 33.7. The fraction of sp³-hybridized carbons (Fsp3) is 0.529. The van der Waals surface area contributed by atoms with Crippen LogP contribution in [0.4, 0.5) is 0 Å². The van der Waals surface area contributed by atoms with E-state index in [1.54, 1.807) is 0 Å². The van der Waals surface area contributed by atoms with Gasteiger partial charge in [0, 0.05) is 31.0 Å². The standard InChI is InChI=1S/C17H19N3/c18-9-13-6-7-16(8-13)20-11-15(10-19)17(12-20)14-4-2-1-3-5-14/h1-5,13,15-17H,6-8,11-12H2/t13?,15-,16?,17+/m1/s1. The maximum absolute atomic E-state index is 9.43. The summed E-state index contributed by atoms with van der Waals surface area (Å²) in [6.45, 7) is 1.82. The van der Waals surface area contributed by atoms with Crippen LogP contribution in [0.15, 0.2) is 30.3 Å². The topological polar surface area (TPSA) is 50.8 Å². The second-order valence-electron chi connectivity index (χ2n) is 6.00. The van der Waals surface area contributed by atoms with Crippen LogP contribution >= 0.6 is 0 Å². The van der Waals surface area contributed by atoms with Gasteiger partial charge in [-0.05, 0) is 24.8 Å². The summed E-state index contributed by atoms with van der Waals surface area (Å²) in [6.07, 6.45) is 3.11. The average Bonchev–Trinajstić information content (AvgIpc) is 3.14. The highest BCUT2D eigenvalue weighted by atomic mass is 15.2. The molecule has 1 saturated heterocycles. The Balaban J connectivity index is 1.73. The molecule has 20 heavy (non-hydrogen) atoms. The monoisotopic (exact) mass is 265 g/mol. The van der Waals surface area contributed by atoms with Gasteiger partial charge in [0.15, 0.2) is 0 Å². The SMILES string of the molecule is N#CC1CCC(N2C[C@@H](C#N)[C@H](c3ccccc3)C2)C1. The molecule has 0 N–H and O–H groups in total. The first-order valence-electron chi connectivity index (χ1n) is 7.40. The van der Waals surface area contributed by atoms with E-state index in [-0.39, 0.29) is 11.8 Å². The van der Waals surface area contributed by atoms with Crippen molar-refractivity contribution in [3.63, 3.8) is 0 Å². The van der Waals surface area contributed by atoms with Crippen molar-refractivity contribution < 1.29 is 0 Å². The molecule has 3 nitrogen and oxygen atoms in total. The second-order valence-corrected chi connectivity index (χ2v) is 6.00. The molecule has 2 unspecified atom stereocenters. The first-order valence-corrected chi connectivity index (χ1v) is 7.40. The van der Waals surface area contributed by atoms with Crippen LogP contribution in [0.3, 0.4) is 0 Å². The van der Waals surface area contributed by atoms with Crippen LogP contribution in [-0.2, 0) is 0 Å². The van der Waals surface area contributed by atoms with E-state index in [9.17, 15) is 5.26 Å². The zero-order valence-electron chi connectivity index (χ0n) is 11.6. The molecule has 4 atom stereocenters. The molecular formula is C17H19N3. The Bertz CT molecular complexity index is 540. The Labute approximate surface area is 120 Å². The molecule has 0 amide bonds. The van der Waals surface area contributed by atoms with Crippen molar-refractivity contribution in [2.24, 2.45) is 11.8 Å². The molecule has 1 saturated carbocycles. The van der Waals surface area contributed by atoms with Crippen molar-refractivity contribution in [3.8, 4) is 12.1 Å². The predicted molar refractivity (Wildman–Crippen MR) is 76.6 cm³/mol. The van der Waals surface area contributed by atoms with Crippen molar-refractivity contribution in [2.75, 3.05) is 13.1 Å². The van der Waals surface area contributed by atoms with Crippen LogP contribution in [0.25, 0.3) is 0 Å². The molecule has 3 rings (SSSR count). The van der Waals surface area contributed by atoms with Crippen molar-refractivity contribution in [1.29, 1.82) is 10.5 Å². The predicted octanol–water partition coefficient (Wildman–Crippen LogP) is 2.92. The fourth-order valence-electron chi connectivity index (χ4n) is 3.71. The van der Waals surface area contributed by atoms with E-state index in [2.05, 4.69) is 29.2 Å². The van der Waals surface area contributed by atoms with Crippen LogP contribution in [0.1, 0.15) is 30.7 Å². The van der Waals surface area contributed by atoms with E-state index in [1.807, 2.05) is 18.2 Å². The molecule has 1 aromatic carbocycles. The molecule has 1 aromatic rings. The maximum Gasteiger partial charge on any atom is 0.0676 e. The summed E-state index contributed by atoms with van der Waals surface area (Å²) in [4.78, 5) is 2.45. The van der Waals surface area contributed by atoms with Gasteiger partial charge in [-0.15, -0.1) is 0 Å². The van der Waals surface area contributed by atoms with Gasteiger partial charge in [0.2, 0.25) is 0 Å². The average molecular weight is 265 g/mol. The largest absolute Gasteiger partial charge is 0.298 e. The van der Waals surface area contributed by atoms with Crippen molar-refractivity contribution in [1.82, 2.24) is 4.90 Å². The molecule has 1 aliphatic heterocycles. The lowest BCUT2D eigenvalue weighted by molar-refractivity contribution is 0.237. The van der Waals surface area contributed by atoms with Gasteiger partial charge in [0.1, 0.15) is 0 Å². The summed E-state index contributed by atoms with van der Waals surface area (Å²) in [7, 11) is 0. The molecule has 0 spiro atoms. The van der Waals surface area contributed by atoms with Crippen molar-refractivity contribution in [2.45, 2.75) is 31.2 Å². The van der Waals surface area contributed by atoms with Crippen LogP contribution in [0.2, 0.25) is 0 Å². The molecule has 0 aromatic heterocycles. The van der Waals surface area contributed by atoms with E-state index in [0.717, 1.165) is 32.4 Å². The lowest BCUT2D eigenvalue weighted by Gasteiger charge is -2.23. The van der Waals surface area contributed by atoms with Gasteiger partial charge < -0.3 is 0 Å². The number of rotatable bonds is 2. The van der Waals surface area contributed by atoms with Gasteiger partial charge in [-0.3, -0.25) is 4.90 Å². The minimum Gasteiger partial charge on any atom is -0.298 e. The third kappa shape index (κ3) is 2.42. The molecule has 0 radical (unpaired) electrons. The Kier molecular flexibility index (Phi) is 3.72. The minimum absolute atomic E-state index is 0.0820. The molecule has 1 aliphatic carbocycles. The van der Waals surface area contributed by atoms with Gasteiger partial charge >= 0.3 is 0 Å². The molecule has 1 heterocycles. The first-order chi connectivity index (χ1) is 9.81. The Morgan fingerprint density at radius 2 is 1.80 bits per heavy atom. The molecule has 2 fully saturated rings. The minimum atomic E-state index is 0.0820. The molecule has 2 aliphatic rings. The van der Waals surface area contributed by atoms with Crippen molar-refractivity contribution >= 4 is 0 Å². The van der Waals surface area contributed by atoms with Gasteiger partial charge in [0.25, 0.3) is 0 Å². The maximum atomic E-state index is 9.43. The lowest BCUT2D eigenvalue weighted by Crippen LogP contribution is -2.31. The molecular weight excluding hydrogens is 246 g/mol. The van der Waals surface area contributed by atoms with Crippen LogP contribution in [0, 0.1) is 34.5 Å². The highest BCUT2D eigenvalue weighted by Crippen LogP contribution is 2.37. The number of benzene rings is 1. The number of hydrogen-bond acceptors (Lipinski definition) is 3. The Morgan fingerprint density at radius 1 is 1.00 bits per heavy atom. The first kappa shape index (κ1) is 13.2. The van der Waals surface area contributed by atoms with Gasteiger partial charge in [-0.25, -0.2) is 0 Å². The molecule has 102 valence electrons. The van der Waals surface area contributed by atoms with E-state index in [0.29, 0.717) is 12.0 Å². The quantitative estimate of drug-likeness (QED) is 0.826. The van der Waals surface area contributed by atoms with Crippen molar-refractivity contribution in [3.05, 3.63) is 35.9 Å². The van der Waals surface area contributed by atoms with Crippen LogP contribution in [0.5, 0.6) is 0 Å². The third-order valence-electron chi connectivity index (χ3n) is 4.85. The summed E-state index contributed by atoms with van der Waals surface area (Å²) in [6, 6.07) is 15.8. The van der Waals surface area contributed by atoms with Crippen LogP contribution < -0.4 is 0 Å². The summed E-state index contributed by atoms with van der Waals surface area (Å²) in [5, 5.41) is 18.5. The lowest BCUT2D eigenvalue weighted by atomic mass is 9.90. The smallest absolute Gasteiger partial charge is 0.0676 e. The zero-order valence-corrected chi connectivity index (χ0v) is 11.6. The summed E-state index contributed by atoms with van der Waals surface area (Å²) < 4.78 is 0. The molecule has 0 bridgehead atoms. The summed E-state index contributed by atoms with van der Waals surface area (Å²) in [5.74, 6) is 0.622. The second kappa shape index (κ2) is 5.65. The summed E-state index contributed by atoms with van der Waals surface area (Å²) >= 11 is 0. The third-order valence-corrected chi connectivity index (χ3v) is 4.85. The zero-order chi connectivity index (χ0) is 13.9. The fourth-order valence-corrected chi connectivity index (χ4v) is 3.71. The Hall–Kier alpha value is -1.84. The van der Waals surface area contributed by atoms with Gasteiger partial charge in [0.05, 0.1) is 18.1 Å². The van der Waals surface area contributed by atoms with E-state index < -0.39 is 0 Å². The molecule has 3 heteroatoms. The Morgan fingerprint density at radius 3 is 2.45 bits per heavy atom. The highest BCUT2D eigenvalue weighted by Gasteiger charge is 2.39. The summed E-state index contributed by atoms with van der Waals surface area (Å²) in [5.41, 5.74) is 1.27. The van der Waals surface area contributed by atoms with Crippen LogP contribution in [-0.4, -0.2) is 24.0 Å². The van der Waals surface area contributed by atoms with Gasteiger partial charge in [-0.1, -0.05) is 30.3 Å².